The number of anilines is 1. The Morgan fingerprint density at radius 3 is 2.80 bits per heavy atom. The fourth-order valence-electron chi connectivity index (χ4n) is 4.10. The summed E-state index contributed by atoms with van der Waals surface area (Å²) in [5, 5.41) is 6.97. The molecule has 2 unspecified atom stereocenters. The number of hydrogen-bond donors (Lipinski definition) is 2. The van der Waals surface area contributed by atoms with Gasteiger partial charge in [0.05, 0.1) is 11.0 Å². The second-order valence-electron chi connectivity index (χ2n) is 7.83. The Kier molecular flexibility index (Phi) is 5.11. The minimum absolute atomic E-state index is 0.315. The Morgan fingerprint density at radius 2 is 1.97 bits per heavy atom. The molecule has 152 valence electrons. The predicted octanol–water partition coefficient (Wildman–Crippen LogP) is 3.68. The molecule has 30 heavy (non-hydrogen) atoms. The Morgan fingerprint density at radius 1 is 1.07 bits per heavy atom. The lowest BCUT2D eigenvalue weighted by molar-refractivity contribution is 0.346. The van der Waals surface area contributed by atoms with E-state index in [1.165, 1.54) is 12.8 Å². The Balaban J connectivity index is 1.41. The lowest BCUT2D eigenvalue weighted by Crippen LogP contribution is -2.39. The van der Waals surface area contributed by atoms with Crippen molar-refractivity contribution in [3.05, 3.63) is 61.3 Å². The summed E-state index contributed by atoms with van der Waals surface area (Å²) in [4.78, 5) is 17.9. The van der Waals surface area contributed by atoms with Crippen LogP contribution in [0.15, 0.2) is 61.3 Å². The van der Waals surface area contributed by atoms with E-state index in [1.807, 2.05) is 29.1 Å². The highest BCUT2D eigenvalue weighted by atomic mass is 15.2. The smallest absolute Gasteiger partial charge is 0.224 e. The zero-order chi connectivity index (χ0) is 20.3. The number of pyridine rings is 1. The van der Waals surface area contributed by atoms with E-state index < -0.39 is 0 Å². The summed E-state index contributed by atoms with van der Waals surface area (Å²) in [6, 6.07) is 12.5. The van der Waals surface area contributed by atoms with Crippen LogP contribution in [0.4, 0.5) is 5.95 Å². The van der Waals surface area contributed by atoms with Gasteiger partial charge in [-0.2, -0.15) is 4.98 Å². The summed E-state index contributed by atoms with van der Waals surface area (Å²) >= 11 is 0. The number of benzene rings is 1. The van der Waals surface area contributed by atoms with Crippen LogP contribution in [0, 0.1) is 5.92 Å². The van der Waals surface area contributed by atoms with Crippen molar-refractivity contribution in [2.24, 2.45) is 5.92 Å². The van der Waals surface area contributed by atoms with Crippen LogP contribution in [-0.2, 0) is 0 Å². The molecule has 0 saturated carbocycles. The molecule has 1 aliphatic rings. The third kappa shape index (κ3) is 3.76. The van der Waals surface area contributed by atoms with Gasteiger partial charge in [0.2, 0.25) is 5.95 Å². The standard InChI is InChI=1S/C23H25N7/c1-16(19-3-2-9-25-14-19)28-23-26-12-8-22(29-23)30-15-27-20-13-18(4-5-21(20)30)17-6-10-24-11-7-17/h4-8,10-13,15-16,19,25H,2-3,9,14H2,1H3,(H,26,28,29). The van der Waals surface area contributed by atoms with E-state index in [1.54, 1.807) is 18.6 Å². The van der Waals surface area contributed by atoms with Crippen molar-refractivity contribution in [1.29, 1.82) is 0 Å². The van der Waals surface area contributed by atoms with Crippen LogP contribution in [0.2, 0.25) is 0 Å². The lowest BCUT2D eigenvalue weighted by atomic mass is 9.93. The number of imidazole rings is 1. The molecule has 1 aliphatic heterocycles. The number of nitrogens with zero attached hydrogens (tertiary/aromatic N) is 5. The molecule has 0 radical (unpaired) electrons. The predicted molar refractivity (Wildman–Crippen MR) is 119 cm³/mol. The molecule has 4 aromatic rings. The van der Waals surface area contributed by atoms with Crippen molar-refractivity contribution in [2.75, 3.05) is 18.4 Å². The topological polar surface area (TPSA) is 80.6 Å². The molecule has 7 heteroatoms. The fourth-order valence-corrected chi connectivity index (χ4v) is 4.10. The molecule has 2 atom stereocenters. The minimum Gasteiger partial charge on any atom is -0.351 e. The Labute approximate surface area is 175 Å². The minimum atomic E-state index is 0.315. The first-order chi connectivity index (χ1) is 14.8. The first kappa shape index (κ1) is 18.7. The molecule has 1 saturated heterocycles. The van der Waals surface area contributed by atoms with E-state index in [0.29, 0.717) is 17.9 Å². The van der Waals surface area contributed by atoms with E-state index in [4.69, 9.17) is 4.98 Å². The highest BCUT2D eigenvalue weighted by Gasteiger charge is 2.20. The van der Waals surface area contributed by atoms with Crippen LogP contribution in [0.25, 0.3) is 28.0 Å². The van der Waals surface area contributed by atoms with E-state index in [9.17, 15) is 0 Å². The number of aromatic nitrogens is 5. The zero-order valence-corrected chi connectivity index (χ0v) is 17.0. The molecular formula is C23H25N7. The second kappa shape index (κ2) is 8.20. The first-order valence-electron chi connectivity index (χ1n) is 10.5. The van der Waals surface area contributed by atoms with Crippen molar-refractivity contribution < 1.29 is 0 Å². The normalized spacial score (nSPS) is 17.7. The molecule has 3 aromatic heterocycles. The maximum Gasteiger partial charge on any atom is 0.224 e. The van der Waals surface area contributed by atoms with Gasteiger partial charge in [-0.25, -0.2) is 9.97 Å². The van der Waals surface area contributed by atoms with Crippen molar-refractivity contribution in [3.8, 4) is 16.9 Å². The quantitative estimate of drug-likeness (QED) is 0.533. The Bertz CT molecular complexity index is 1130. The summed E-state index contributed by atoms with van der Waals surface area (Å²) in [7, 11) is 0. The fraction of sp³-hybridized carbons (Fsp3) is 0.304. The summed E-state index contributed by atoms with van der Waals surface area (Å²) < 4.78 is 2.01. The highest BCUT2D eigenvalue weighted by molar-refractivity contribution is 5.83. The van der Waals surface area contributed by atoms with Gasteiger partial charge in [-0.3, -0.25) is 9.55 Å². The van der Waals surface area contributed by atoms with Gasteiger partial charge in [0.1, 0.15) is 12.1 Å². The molecule has 0 amide bonds. The van der Waals surface area contributed by atoms with E-state index >= 15 is 0 Å². The van der Waals surface area contributed by atoms with Gasteiger partial charge < -0.3 is 10.6 Å². The average Bonchev–Trinajstić information content (AvgIpc) is 3.24. The van der Waals surface area contributed by atoms with Crippen LogP contribution >= 0.6 is 0 Å². The van der Waals surface area contributed by atoms with Crippen molar-refractivity contribution in [3.63, 3.8) is 0 Å². The second-order valence-corrected chi connectivity index (χ2v) is 7.83. The average molecular weight is 400 g/mol. The highest BCUT2D eigenvalue weighted by Crippen LogP contribution is 2.25. The van der Waals surface area contributed by atoms with Gasteiger partial charge in [0.25, 0.3) is 0 Å². The summed E-state index contributed by atoms with van der Waals surface area (Å²) in [5.41, 5.74) is 4.19. The van der Waals surface area contributed by atoms with Gasteiger partial charge in [-0.05, 0) is 80.2 Å². The van der Waals surface area contributed by atoms with Crippen LogP contribution in [0.3, 0.4) is 0 Å². The number of nitrogens with one attached hydrogen (secondary N) is 2. The van der Waals surface area contributed by atoms with Gasteiger partial charge in [-0.15, -0.1) is 0 Å². The molecule has 1 aromatic carbocycles. The summed E-state index contributed by atoms with van der Waals surface area (Å²) in [5.74, 6) is 2.05. The number of fused-ring (bicyclic) bond motifs is 1. The van der Waals surface area contributed by atoms with E-state index in [-0.39, 0.29) is 0 Å². The summed E-state index contributed by atoms with van der Waals surface area (Å²) in [6.07, 6.45) is 9.68. The zero-order valence-electron chi connectivity index (χ0n) is 17.0. The van der Waals surface area contributed by atoms with Gasteiger partial charge in [-0.1, -0.05) is 6.07 Å². The van der Waals surface area contributed by atoms with E-state index in [0.717, 1.165) is 41.1 Å². The van der Waals surface area contributed by atoms with Crippen molar-refractivity contribution >= 4 is 17.0 Å². The lowest BCUT2D eigenvalue weighted by Gasteiger charge is -2.28. The van der Waals surface area contributed by atoms with Crippen LogP contribution in [0.1, 0.15) is 19.8 Å². The number of rotatable bonds is 5. The van der Waals surface area contributed by atoms with Crippen LogP contribution < -0.4 is 10.6 Å². The third-order valence-electron chi connectivity index (χ3n) is 5.85. The number of piperidine rings is 1. The summed E-state index contributed by atoms with van der Waals surface area (Å²) in [6.45, 7) is 4.37. The molecule has 0 aliphatic carbocycles. The largest absolute Gasteiger partial charge is 0.351 e. The third-order valence-corrected chi connectivity index (χ3v) is 5.85. The van der Waals surface area contributed by atoms with Gasteiger partial charge in [0, 0.05) is 24.6 Å². The molecule has 7 nitrogen and oxygen atoms in total. The number of hydrogen-bond acceptors (Lipinski definition) is 6. The molecule has 5 rings (SSSR count). The molecular weight excluding hydrogens is 374 g/mol. The molecule has 2 N–H and O–H groups in total. The van der Waals surface area contributed by atoms with Crippen LogP contribution in [-0.4, -0.2) is 43.6 Å². The van der Waals surface area contributed by atoms with E-state index in [2.05, 4.69) is 50.7 Å². The molecule has 1 fully saturated rings. The maximum atomic E-state index is 4.75. The maximum absolute atomic E-state index is 4.75. The monoisotopic (exact) mass is 399 g/mol. The Hall–Kier alpha value is -3.32. The van der Waals surface area contributed by atoms with Crippen molar-refractivity contribution in [2.45, 2.75) is 25.8 Å². The van der Waals surface area contributed by atoms with Gasteiger partial charge >= 0.3 is 0 Å². The van der Waals surface area contributed by atoms with Gasteiger partial charge in [0.15, 0.2) is 0 Å². The molecule has 0 spiro atoms. The van der Waals surface area contributed by atoms with Crippen LogP contribution in [0.5, 0.6) is 0 Å². The SMILES string of the molecule is CC(Nc1nccc(-n2cnc3cc(-c4ccncc4)ccc32)n1)C1CCCNC1. The molecule has 0 bridgehead atoms. The first-order valence-corrected chi connectivity index (χ1v) is 10.5. The molecule has 4 heterocycles. The van der Waals surface area contributed by atoms with Crippen molar-refractivity contribution in [1.82, 2.24) is 29.8 Å².